The van der Waals surface area contributed by atoms with Gasteiger partial charge in [0, 0.05) is 31.5 Å². The van der Waals surface area contributed by atoms with Crippen LogP contribution in [0.1, 0.15) is 12.2 Å². The number of anilines is 1. The van der Waals surface area contributed by atoms with E-state index in [-0.39, 0.29) is 0 Å². The molecule has 1 unspecified atom stereocenters. The lowest BCUT2D eigenvalue weighted by Gasteiger charge is -2.15. The highest BCUT2D eigenvalue weighted by atomic mass is 16.3. The molecular formula is C14H18N4O. The van der Waals surface area contributed by atoms with Crippen molar-refractivity contribution >= 4 is 5.95 Å². The molecule has 1 fully saturated rings. The van der Waals surface area contributed by atoms with E-state index in [1.54, 1.807) is 0 Å². The van der Waals surface area contributed by atoms with E-state index in [9.17, 15) is 0 Å². The van der Waals surface area contributed by atoms with Gasteiger partial charge in [0.15, 0.2) is 0 Å². The van der Waals surface area contributed by atoms with E-state index in [0.717, 1.165) is 42.5 Å². The van der Waals surface area contributed by atoms with Gasteiger partial charge in [-0.25, -0.2) is 9.97 Å². The van der Waals surface area contributed by atoms with E-state index in [4.69, 9.17) is 4.42 Å². The SMILES string of the molecule is CNC1CCN(c2ncc(-c3ccc(C)o3)cn2)C1. The number of hydrogen-bond acceptors (Lipinski definition) is 5. The molecule has 100 valence electrons. The van der Waals surface area contributed by atoms with E-state index < -0.39 is 0 Å². The Bertz CT molecular complexity index is 549. The summed E-state index contributed by atoms with van der Waals surface area (Å²) in [5.74, 6) is 2.51. The second-order valence-electron chi connectivity index (χ2n) is 4.90. The summed E-state index contributed by atoms with van der Waals surface area (Å²) in [5.41, 5.74) is 0.918. The van der Waals surface area contributed by atoms with E-state index in [1.165, 1.54) is 0 Å². The Morgan fingerprint density at radius 2 is 2.11 bits per heavy atom. The molecule has 0 saturated carbocycles. The molecule has 19 heavy (non-hydrogen) atoms. The Labute approximate surface area is 112 Å². The monoisotopic (exact) mass is 258 g/mol. The molecular weight excluding hydrogens is 240 g/mol. The highest BCUT2D eigenvalue weighted by Gasteiger charge is 2.22. The highest BCUT2D eigenvalue weighted by Crippen LogP contribution is 2.22. The van der Waals surface area contributed by atoms with Crippen LogP contribution >= 0.6 is 0 Å². The van der Waals surface area contributed by atoms with Crippen LogP contribution in [0.2, 0.25) is 0 Å². The van der Waals surface area contributed by atoms with Crippen molar-refractivity contribution in [3.05, 3.63) is 30.3 Å². The maximum absolute atomic E-state index is 5.57. The van der Waals surface area contributed by atoms with Crippen LogP contribution in [0, 0.1) is 6.92 Å². The molecule has 1 N–H and O–H groups in total. The summed E-state index contributed by atoms with van der Waals surface area (Å²) in [7, 11) is 2.00. The van der Waals surface area contributed by atoms with Crippen molar-refractivity contribution in [2.45, 2.75) is 19.4 Å². The first-order chi connectivity index (χ1) is 9.26. The van der Waals surface area contributed by atoms with Gasteiger partial charge in [-0.2, -0.15) is 0 Å². The molecule has 2 aromatic heterocycles. The van der Waals surface area contributed by atoms with E-state index in [2.05, 4.69) is 20.2 Å². The van der Waals surface area contributed by atoms with E-state index >= 15 is 0 Å². The number of nitrogens with zero attached hydrogens (tertiary/aromatic N) is 3. The van der Waals surface area contributed by atoms with Gasteiger partial charge in [-0.3, -0.25) is 0 Å². The van der Waals surface area contributed by atoms with Gasteiger partial charge >= 0.3 is 0 Å². The molecule has 0 bridgehead atoms. The zero-order chi connectivity index (χ0) is 13.2. The van der Waals surface area contributed by atoms with Gasteiger partial charge in [-0.1, -0.05) is 0 Å². The maximum atomic E-state index is 5.57. The zero-order valence-corrected chi connectivity index (χ0v) is 11.3. The third-order valence-electron chi connectivity index (χ3n) is 3.54. The number of rotatable bonds is 3. The first-order valence-electron chi connectivity index (χ1n) is 6.57. The van der Waals surface area contributed by atoms with Crippen molar-refractivity contribution in [2.75, 3.05) is 25.0 Å². The Hall–Kier alpha value is -1.88. The second-order valence-corrected chi connectivity index (χ2v) is 4.90. The molecule has 2 aromatic rings. The lowest BCUT2D eigenvalue weighted by Crippen LogP contribution is -2.30. The third kappa shape index (κ3) is 2.46. The summed E-state index contributed by atoms with van der Waals surface area (Å²) in [4.78, 5) is 11.1. The fourth-order valence-electron chi connectivity index (χ4n) is 2.38. The van der Waals surface area contributed by atoms with Gasteiger partial charge in [0.05, 0.1) is 5.56 Å². The summed E-state index contributed by atoms with van der Waals surface area (Å²) in [6, 6.07) is 4.43. The maximum Gasteiger partial charge on any atom is 0.225 e. The van der Waals surface area contributed by atoms with Gasteiger partial charge in [-0.05, 0) is 32.5 Å². The molecule has 0 amide bonds. The van der Waals surface area contributed by atoms with Crippen LogP contribution in [-0.4, -0.2) is 36.1 Å². The Kier molecular flexibility index (Phi) is 3.21. The molecule has 0 radical (unpaired) electrons. The average Bonchev–Trinajstić information content (AvgIpc) is 3.07. The van der Waals surface area contributed by atoms with Crippen LogP contribution in [0.5, 0.6) is 0 Å². The quantitative estimate of drug-likeness (QED) is 0.910. The van der Waals surface area contributed by atoms with Gasteiger partial charge in [-0.15, -0.1) is 0 Å². The zero-order valence-electron chi connectivity index (χ0n) is 11.3. The lowest BCUT2D eigenvalue weighted by atomic mass is 10.3. The molecule has 5 nitrogen and oxygen atoms in total. The van der Waals surface area contributed by atoms with Crippen molar-refractivity contribution < 1.29 is 4.42 Å². The number of hydrogen-bond donors (Lipinski definition) is 1. The number of furan rings is 1. The molecule has 1 atom stereocenters. The van der Waals surface area contributed by atoms with Gasteiger partial charge in [0.2, 0.25) is 5.95 Å². The van der Waals surface area contributed by atoms with Crippen LogP contribution in [0.4, 0.5) is 5.95 Å². The molecule has 3 heterocycles. The molecule has 0 aliphatic carbocycles. The summed E-state index contributed by atoms with van der Waals surface area (Å²) in [5, 5.41) is 3.29. The predicted octanol–water partition coefficient (Wildman–Crippen LogP) is 1.84. The summed E-state index contributed by atoms with van der Waals surface area (Å²) in [6.07, 6.45) is 4.79. The summed E-state index contributed by atoms with van der Waals surface area (Å²) >= 11 is 0. The predicted molar refractivity (Wildman–Crippen MR) is 74.1 cm³/mol. The smallest absolute Gasteiger partial charge is 0.225 e. The van der Waals surface area contributed by atoms with E-state index in [0.29, 0.717) is 6.04 Å². The van der Waals surface area contributed by atoms with Crippen molar-refractivity contribution in [3.8, 4) is 11.3 Å². The molecule has 5 heteroatoms. The molecule has 1 saturated heterocycles. The largest absolute Gasteiger partial charge is 0.461 e. The lowest BCUT2D eigenvalue weighted by molar-refractivity contribution is 0.548. The fraction of sp³-hybridized carbons (Fsp3) is 0.429. The van der Waals surface area contributed by atoms with Crippen molar-refractivity contribution in [2.24, 2.45) is 0 Å². The van der Waals surface area contributed by atoms with Crippen LogP contribution in [0.25, 0.3) is 11.3 Å². The molecule has 0 spiro atoms. The van der Waals surface area contributed by atoms with Crippen molar-refractivity contribution in [1.29, 1.82) is 0 Å². The topological polar surface area (TPSA) is 54.2 Å². The van der Waals surface area contributed by atoms with Gasteiger partial charge in [0.25, 0.3) is 0 Å². The minimum Gasteiger partial charge on any atom is -0.461 e. The van der Waals surface area contributed by atoms with Crippen LogP contribution in [0.3, 0.4) is 0 Å². The normalized spacial score (nSPS) is 19.1. The van der Waals surface area contributed by atoms with Gasteiger partial charge in [0.1, 0.15) is 11.5 Å². The molecule has 1 aliphatic rings. The molecule has 0 aromatic carbocycles. The Morgan fingerprint density at radius 3 is 2.68 bits per heavy atom. The Morgan fingerprint density at radius 1 is 1.32 bits per heavy atom. The first-order valence-corrected chi connectivity index (χ1v) is 6.57. The molecule has 1 aliphatic heterocycles. The highest BCUT2D eigenvalue weighted by molar-refractivity contribution is 5.56. The number of nitrogens with one attached hydrogen (secondary N) is 1. The molecule has 3 rings (SSSR count). The number of aromatic nitrogens is 2. The van der Waals surface area contributed by atoms with Crippen molar-refractivity contribution in [1.82, 2.24) is 15.3 Å². The summed E-state index contributed by atoms with van der Waals surface area (Å²) < 4.78 is 5.57. The fourth-order valence-corrected chi connectivity index (χ4v) is 2.38. The van der Waals surface area contributed by atoms with E-state index in [1.807, 2.05) is 38.5 Å². The minimum absolute atomic E-state index is 0.538. The second kappa shape index (κ2) is 5.01. The van der Waals surface area contributed by atoms with Crippen LogP contribution in [0.15, 0.2) is 28.9 Å². The summed E-state index contributed by atoms with van der Waals surface area (Å²) in [6.45, 7) is 3.90. The van der Waals surface area contributed by atoms with Crippen molar-refractivity contribution in [3.63, 3.8) is 0 Å². The van der Waals surface area contributed by atoms with Crippen LogP contribution in [-0.2, 0) is 0 Å². The first kappa shape index (κ1) is 12.2. The van der Waals surface area contributed by atoms with Crippen LogP contribution < -0.4 is 10.2 Å². The van der Waals surface area contributed by atoms with Gasteiger partial charge < -0.3 is 14.6 Å². The third-order valence-corrected chi connectivity index (χ3v) is 3.54. The number of aryl methyl sites for hydroxylation is 1. The Balaban J connectivity index is 1.76. The average molecular weight is 258 g/mol. The standard InChI is InChI=1S/C14H18N4O/c1-10-3-4-13(19-10)11-7-16-14(17-8-11)18-6-5-12(9-18)15-2/h3-4,7-8,12,15H,5-6,9H2,1-2H3. The number of likely N-dealkylation sites (N-methyl/N-ethyl adjacent to an activating group) is 1. The minimum atomic E-state index is 0.538.